The van der Waals surface area contributed by atoms with Gasteiger partial charge in [-0.25, -0.2) is 18.2 Å². The lowest BCUT2D eigenvalue weighted by Gasteiger charge is -2.13. The molecule has 2 N–H and O–H groups in total. The summed E-state index contributed by atoms with van der Waals surface area (Å²) in [4.78, 5) is 28.6. The Hall–Kier alpha value is -3.34. The molecule has 3 aromatic rings. The molecule has 0 aliphatic rings. The molecule has 0 atom stereocenters. The van der Waals surface area contributed by atoms with E-state index in [-0.39, 0.29) is 42.7 Å². The normalized spacial score (nSPS) is 10.9. The topological polar surface area (TPSA) is 124 Å². The van der Waals surface area contributed by atoms with Crippen molar-refractivity contribution >= 4 is 50.7 Å². The van der Waals surface area contributed by atoms with E-state index in [0.29, 0.717) is 0 Å². The Morgan fingerprint density at radius 2 is 1.61 bits per heavy atom. The summed E-state index contributed by atoms with van der Waals surface area (Å²) in [6, 6.07) is 10.3. The lowest BCUT2D eigenvalue weighted by Crippen LogP contribution is -2.34. The maximum absolute atomic E-state index is 12.7. The third kappa shape index (κ3) is 5.36. The third-order valence-electron chi connectivity index (χ3n) is 4.35. The number of anilines is 1. The number of aromatic nitrogens is 1. The van der Waals surface area contributed by atoms with E-state index in [1.807, 2.05) is 0 Å². The molecular weight excluding hydrogens is 493 g/mol. The Morgan fingerprint density at radius 1 is 0.939 bits per heavy atom. The summed E-state index contributed by atoms with van der Waals surface area (Å²) in [6.07, 6.45) is 1.14. The summed E-state index contributed by atoms with van der Waals surface area (Å²) in [5.41, 5.74) is 0.194. The van der Waals surface area contributed by atoms with Crippen molar-refractivity contribution < 1.29 is 27.5 Å². The van der Waals surface area contributed by atoms with Crippen LogP contribution in [0.2, 0.25) is 10.0 Å². The number of rotatable bonds is 6. The number of sulfone groups is 1. The zero-order valence-corrected chi connectivity index (χ0v) is 19.6. The molecule has 0 radical (unpaired) electrons. The van der Waals surface area contributed by atoms with Gasteiger partial charge in [0.2, 0.25) is 9.84 Å². The molecule has 0 saturated heterocycles. The molecule has 0 fully saturated rings. The van der Waals surface area contributed by atoms with Gasteiger partial charge in [-0.15, -0.1) is 0 Å². The molecule has 1 heterocycles. The van der Waals surface area contributed by atoms with Crippen LogP contribution >= 0.6 is 23.2 Å². The van der Waals surface area contributed by atoms with Gasteiger partial charge in [-0.2, -0.15) is 0 Å². The standard InChI is InChI=1S/C21H17Cl2N3O6S/c1-31-16-4-3-5-17(32-2)19(16)20(27)26-21(28)25-12-6-9-18(24-11-12)33(29,30)13-7-8-14(22)15(23)10-13/h3-11H,1-2H3,(H2,25,26,27,28). The molecular formula is C21H17Cl2N3O6S. The van der Waals surface area contributed by atoms with Crippen LogP contribution in [0.1, 0.15) is 10.4 Å². The van der Waals surface area contributed by atoms with Gasteiger partial charge in [-0.05, 0) is 42.5 Å². The second-order valence-electron chi connectivity index (χ2n) is 6.41. The predicted octanol–water partition coefficient (Wildman–Crippen LogP) is 4.20. The van der Waals surface area contributed by atoms with Crippen molar-refractivity contribution in [1.82, 2.24) is 10.3 Å². The summed E-state index contributed by atoms with van der Waals surface area (Å²) in [6.45, 7) is 0. The van der Waals surface area contributed by atoms with E-state index < -0.39 is 21.8 Å². The SMILES string of the molecule is COc1cccc(OC)c1C(=O)NC(=O)Nc1ccc(S(=O)(=O)c2ccc(Cl)c(Cl)c2)nc1. The zero-order chi connectivity index (χ0) is 24.2. The van der Waals surface area contributed by atoms with E-state index in [1.54, 1.807) is 18.2 Å². The number of methoxy groups -OCH3 is 2. The summed E-state index contributed by atoms with van der Waals surface area (Å²) in [5.74, 6) is -0.315. The number of nitrogens with one attached hydrogen (secondary N) is 2. The van der Waals surface area contributed by atoms with Gasteiger partial charge in [-0.1, -0.05) is 29.3 Å². The number of halogens is 2. The number of pyridine rings is 1. The van der Waals surface area contributed by atoms with Crippen LogP contribution in [-0.4, -0.2) is 39.6 Å². The molecule has 0 unspecified atom stereocenters. The van der Waals surface area contributed by atoms with Crippen LogP contribution in [0.15, 0.2) is 64.6 Å². The fraction of sp³-hybridized carbons (Fsp3) is 0.0952. The summed E-state index contributed by atoms with van der Waals surface area (Å²) in [7, 11) is -1.20. The highest BCUT2D eigenvalue weighted by molar-refractivity contribution is 7.91. The molecule has 0 aliphatic carbocycles. The fourth-order valence-electron chi connectivity index (χ4n) is 2.78. The number of carbonyl (C=O) groups is 2. The second kappa shape index (κ2) is 10.1. The van der Waals surface area contributed by atoms with E-state index in [0.717, 1.165) is 6.20 Å². The first-order valence-corrected chi connectivity index (χ1v) is 11.4. The van der Waals surface area contributed by atoms with Crippen LogP contribution in [0.5, 0.6) is 11.5 Å². The molecule has 0 aliphatic heterocycles. The second-order valence-corrected chi connectivity index (χ2v) is 9.12. The Bertz CT molecular complexity index is 1290. The summed E-state index contributed by atoms with van der Waals surface area (Å²) >= 11 is 11.7. The first kappa shape index (κ1) is 24.3. The number of benzene rings is 2. The highest BCUT2D eigenvalue weighted by atomic mass is 35.5. The van der Waals surface area contributed by atoms with Crippen molar-refractivity contribution in [2.24, 2.45) is 0 Å². The number of amides is 3. The molecule has 1 aromatic heterocycles. The number of imide groups is 1. The molecule has 172 valence electrons. The van der Waals surface area contributed by atoms with Gasteiger partial charge >= 0.3 is 6.03 Å². The average molecular weight is 510 g/mol. The monoisotopic (exact) mass is 509 g/mol. The van der Waals surface area contributed by atoms with Crippen molar-refractivity contribution in [3.63, 3.8) is 0 Å². The molecule has 3 amide bonds. The van der Waals surface area contributed by atoms with E-state index >= 15 is 0 Å². The zero-order valence-electron chi connectivity index (χ0n) is 17.3. The van der Waals surface area contributed by atoms with Gasteiger partial charge in [0, 0.05) is 0 Å². The highest BCUT2D eigenvalue weighted by Gasteiger charge is 2.22. The maximum Gasteiger partial charge on any atom is 0.326 e. The minimum atomic E-state index is -3.96. The molecule has 2 aromatic carbocycles. The van der Waals surface area contributed by atoms with Gasteiger partial charge < -0.3 is 14.8 Å². The van der Waals surface area contributed by atoms with Crippen LogP contribution in [0.4, 0.5) is 10.5 Å². The predicted molar refractivity (Wildman–Crippen MR) is 122 cm³/mol. The van der Waals surface area contributed by atoms with Gasteiger partial charge in [0.1, 0.15) is 17.1 Å². The van der Waals surface area contributed by atoms with Crippen LogP contribution in [-0.2, 0) is 9.84 Å². The maximum atomic E-state index is 12.7. The van der Waals surface area contributed by atoms with Crippen molar-refractivity contribution in [3.8, 4) is 11.5 Å². The largest absolute Gasteiger partial charge is 0.496 e. The third-order valence-corrected chi connectivity index (χ3v) is 6.76. The molecule has 3 rings (SSSR count). The molecule has 33 heavy (non-hydrogen) atoms. The first-order chi connectivity index (χ1) is 15.7. The van der Waals surface area contributed by atoms with Gasteiger partial charge in [-0.3, -0.25) is 10.1 Å². The van der Waals surface area contributed by atoms with E-state index in [9.17, 15) is 18.0 Å². The molecule has 12 heteroatoms. The minimum Gasteiger partial charge on any atom is -0.496 e. The van der Waals surface area contributed by atoms with Crippen molar-refractivity contribution in [2.75, 3.05) is 19.5 Å². The van der Waals surface area contributed by atoms with Crippen LogP contribution in [0.25, 0.3) is 0 Å². The van der Waals surface area contributed by atoms with Crippen LogP contribution < -0.4 is 20.1 Å². The number of hydrogen-bond donors (Lipinski definition) is 2. The van der Waals surface area contributed by atoms with E-state index in [2.05, 4.69) is 15.6 Å². The quantitative estimate of drug-likeness (QED) is 0.510. The Balaban J connectivity index is 1.73. The average Bonchev–Trinajstić information content (AvgIpc) is 2.80. The number of ether oxygens (including phenoxy) is 2. The minimum absolute atomic E-state index is 0.0406. The Labute approximate surface area is 199 Å². The number of nitrogens with zero attached hydrogens (tertiary/aromatic N) is 1. The molecule has 0 saturated carbocycles. The number of urea groups is 1. The Kier molecular flexibility index (Phi) is 7.42. The van der Waals surface area contributed by atoms with Crippen LogP contribution in [0.3, 0.4) is 0 Å². The Morgan fingerprint density at radius 3 is 2.15 bits per heavy atom. The molecule has 0 bridgehead atoms. The van der Waals surface area contributed by atoms with Crippen molar-refractivity contribution in [1.29, 1.82) is 0 Å². The smallest absolute Gasteiger partial charge is 0.326 e. The van der Waals surface area contributed by atoms with E-state index in [4.69, 9.17) is 32.7 Å². The van der Waals surface area contributed by atoms with Crippen LogP contribution in [0, 0.1) is 0 Å². The number of hydrogen-bond acceptors (Lipinski definition) is 7. The molecule has 0 spiro atoms. The van der Waals surface area contributed by atoms with Gasteiger partial charge in [0.05, 0.1) is 41.0 Å². The summed E-state index contributed by atoms with van der Waals surface area (Å²) in [5, 5.41) is 4.60. The first-order valence-electron chi connectivity index (χ1n) is 9.17. The van der Waals surface area contributed by atoms with Crippen molar-refractivity contribution in [2.45, 2.75) is 9.92 Å². The number of carbonyl (C=O) groups excluding carboxylic acids is 2. The lowest BCUT2D eigenvalue weighted by molar-refractivity contribution is 0.0961. The van der Waals surface area contributed by atoms with Gasteiger partial charge in [0.25, 0.3) is 5.91 Å². The fourth-order valence-corrected chi connectivity index (χ4v) is 4.34. The van der Waals surface area contributed by atoms with Gasteiger partial charge in [0.15, 0.2) is 5.03 Å². The lowest BCUT2D eigenvalue weighted by atomic mass is 10.1. The highest BCUT2D eigenvalue weighted by Crippen LogP contribution is 2.29. The molecule has 9 nitrogen and oxygen atoms in total. The summed E-state index contributed by atoms with van der Waals surface area (Å²) < 4.78 is 35.7. The van der Waals surface area contributed by atoms with E-state index in [1.165, 1.54) is 44.6 Å². The van der Waals surface area contributed by atoms with Crippen molar-refractivity contribution in [3.05, 3.63) is 70.3 Å².